The highest BCUT2D eigenvalue weighted by atomic mass is 32.1. The molecule has 10 heteroatoms. The van der Waals surface area contributed by atoms with Crippen molar-refractivity contribution in [2.24, 2.45) is 0 Å². The molecule has 184 valence electrons. The summed E-state index contributed by atoms with van der Waals surface area (Å²) in [6.45, 7) is 7.18. The number of thiophene rings is 1. The van der Waals surface area contributed by atoms with Crippen molar-refractivity contribution < 1.29 is 9.53 Å². The number of fused-ring (bicyclic) bond motifs is 1. The Morgan fingerprint density at radius 2 is 2.09 bits per heavy atom. The molecule has 35 heavy (non-hydrogen) atoms. The van der Waals surface area contributed by atoms with Gasteiger partial charge in [0, 0.05) is 29.0 Å². The summed E-state index contributed by atoms with van der Waals surface area (Å²) in [4.78, 5) is 31.6. The monoisotopic (exact) mass is 494 g/mol. The fourth-order valence-corrected chi connectivity index (χ4v) is 4.96. The van der Waals surface area contributed by atoms with E-state index in [0.717, 1.165) is 29.3 Å². The average Bonchev–Trinajstić information content (AvgIpc) is 3.50. The van der Waals surface area contributed by atoms with Crippen LogP contribution in [-0.4, -0.2) is 42.7 Å². The molecule has 3 aromatic heterocycles. The van der Waals surface area contributed by atoms with Gasteiger partial charge in [-0.3, -0.25) is 14.5 Å². The zero-order valence-corrected chi connectivity index (χ0v) is 21.0. The zero-order valence-electron chi connectivity index (χ0n) is 20.2. The average molecular weight is 495 g/mol. The van der Waals surface area contributed by atoms with Crippen molar-refractivity contribution in [3.05, 3.63) is 74.0 Å². The Hall–Kier alpha value is -3.37. The van der Waals surface area contributed by atoms with E-state index in [2.05, 4.69) is 44.5 Å². The Labute approximate surface area is 207 Å². The van der Waals surface area contributed by atoms with Gasteiger partial charge < -0.3 is 9.72 Å². The molecular weight excluding hydrogens is 464 g/mol. The highest BCUT2D eigenvalue weighted by Crippen LogP contribution is 2.29. The van der Waals surface area contributed by atoms with Gasteiger partial charge in [-0.15, -0.1) is 16.4 Å². The number of H-pyrrole nitrogens is 1. The summed E-state index contributed by atoms with van der Waals surface area (Å²) in [6, 6.07) is 11.9. The van der Waals surface area contributed by atoms with Crippen LogP contribution in [0.25, 0.3) is 10.9 Å². The molecule has 0 saturated heterocycles. The number of aryl methyl sites for hydroxylation is 1. The first kappa shape index (κ1) is 24.7. The summed E-state index contributed by atoms with van der Waals surface area (Å²) >= 11 is 1.66. The Morgan fingerprint density at radius 1 is 1.23 bits per heavy atom. The zero-order chi connectivity index (χ0) is 24.8. The van der Waals surface area contributed by atoms with Gasteiger partial charge in [0.25, 0.3) is 5.56 Å². The molecule has 0 spiro atoms. The Kier molecular flexibility index (Phi) is 8.04. The van der Waals surface area contributed by atoms with E-state index in [1.54, 1.807) is 18.3 Å². The molecule has 0 amide bonds. The van der Waals surface area contributed by atoms with Crippen molar-refractivity contribution in [3.63, 3.8) is 0 Å². The van der Waals surface area contributed by atoms with Crippen molar-refractivity contribution in [2.45, 2.75) is 59.3 Å². The number of hydrogen-bond donors (Lipinski definition) is 1. The number of ether oxygens (including phenoxy) is 1. The predicted molar refractivity (Wildman–Crippen MR) is 135 cm³/mol. The second-order valence-corrected chi connectivity index (χ2v) is 9.54. The quantitative estimate of drug-likeness (QED) is 0.314. The number of benzene rings is 1. The first-order valence-corrected chi connectivity index (χ1v) is 12.7. The highest BCUT2D eigenvalue weighted by Gasteiger charge is 2.28. The molecule has 9 nitrogen and oxygen atoms in total. The maximum Gasteiger partial charge on any atom is 0.327 e. The molecule has 0 saturated carbocycles. The number of pyridine rings is 1. The van der Waals surface area contributed by atoms with E-state index < -0.39 is 0 Å². The molecule has 1 N–H and O–H groups in total. The molecule has 0 aliphatic heterocycles. The lowest BCUT2D eigenvalue weighted by atomic mass is 10.1. The first-order valence-electron chi connectivity index (χ1n) is 11.8. The van der Waals surface area contributed by atoms with Crippen molar-refractivity contribution in [3.8, 4) is 0 Å². The fraction of sp³-hybridized carbons (Fsp3) is 0.400. The maximum atomic E-state index is 13.0. The number of carbonyl (C=O) groups excluding carboxylic acids is 1. The van der Waals surface area contributed by atoms with Gasteiger partial charge in [0.2, 0.25) is 0 Å². The molecule has 1 aromatic carbocycles. The van der Waals surface area contributed by atoms with E-state index >= 15 is 0 Å². The maximum absolute atomic E-state index is 13.0. The van der Waals surface area contributed by atoms with E-state index in [9.17, 15) is 9.59 Å². The number of nitrogens with one attached hydrogen (secondary N) is 1. The van der Waals surface area contributed by atoms with Crippen LogP contribution in [0.3, 0.4) is 0 Å². The molecule has 0 aliphatic carbocycles. The Morgan fingerprint density at radius 3 is 2.83 bits per heavy atom. The Bertz CT molecular complexity index is 1330. The summed E-state index contributed by atoms with van der Waals surface area (Å²) < 4.78 is 6.61. The molecule has 0 radical (unpaired) electrons. The van der Waals surface area contributed by atoms with E-state index in [4.69, 9.17) is 4.74 Å². The number of carbonyl (C=O) groups is 1. The van der Waals surface area contributed by atoms with E-state index in [0.29, 0.717) is 31.1 Å². The van der Waals surface area contributed by atoms with E-state index in [1.165, 1.54) is 9.56 Å². The van der Waals surface area contributed by atoms with Gasteiger partial charge in [-0.05, 0) is 65.7 Å². The molecule has 4 rings (SSSR count). The van der Waals surface area contributed by atoms with Gasteiger partial charge in [0.15, 0.2) is 5.82 Å². The molecule has 0 fully saturated rings. The normalized spacial score (nSPS) is 12.3. The number of aromatic amines is 1. The van der Waals surface area contributed by atoms with E-state index in [1.807, 2.05) is 36.6 Å². The lowest BCUT2D eigenvalue weighted by molar-refractivity contribution is -0.144. The van der Waals surface area contributed by atoms with Crippen LogP contribution in [0.5, 0.6) is 0 Å². The minimum Gasteiger partial charge on any atom is -0.465 e. The second kappa shape index (κ2) is 11.4. The number of esters is 1. The lowest BCUT2D eigenvalue weighted by Crippen LogP contribution is -2.33. The van der Waals surface area contributed by atoms with E-state index in [-0.39, 0.29) is 24.1 Å². The summed E-state index contributed by atoms with van der Waals surface area (Å²) in [7, 11) is 0. The van der Waals surface area contributed by atoms with Crippen LogP contribution in [0.4, 0.5) is 0 Å². The standard InChI is InChI=1S/C25H30N6O3S/c1-4-7-22(24-27-28-29-31(24)16-23(32)34-5-2)30(15-20-8-6-11-35-20)14-19-13-18-12-17(3)9-10-21(18)26-25(19)33/h6,8-13,22H,4-5,7,14-16H2,1-3H3,(H,26,33). The minimum atomic E-state index is -0.387. The van der Waals surface area contributed by atoms with Crippen LogP contribution in [0.1, 0.15) is 54.6 Å². The molecule has 0 aliphatic rings. The third-order valence-electron chi connectivity index (χ3n) is 5.83. The number of hydrogen-bond acceptors (Lipinski definition) is 8. The molecule has 3 heterocycles. The summed E-state index contributed by atoms with van der Waals surface area (Å²) in [5, 5.41) is 15.2. The van der Waals surface area contributed by atoms with Crippen LogP contribution in [0.2, 0.25) is 0 Å². The van der Waals surface area contributed by atoms with Crippen LogP contribution < -0.4 is 5.56 Å². The molecule has 1 atom stereocenters. The SMILES string of the molecule is CCCC(c1nnnn1CC(=O)OCC)N(Cc1cccs1)Cc1cc2cc(C)ccc2[nH]c1=O. The molecule has 1 unspecified atom stereocenters. The van der Waals surface area contributed by atoms with Gasteiger partial charge >= 0.3 is 5.97 Å². The number of nitrogens with zero attached hydrogens (tertiary/aromatic N) is 5. The lowest BCUT2D eigenvalue weighted by Gasteiger charge is -2.30. The van der Waals surface area contributed by atoms with Crippen molar-refractivity contribution in [2.75, 3.05) is 6.61 Å². The van der Waals surface area contributed by atoms with Gasteiger partial charge in [-0.25, -0.2) is 4.68 Å². The smallest absolute Gasteiger partial charge is 0.327 e. The topological polar surface area (TPSA) is 106 Å². The van der Waals surface area contributed by atoms with Crippen LogP contribution in [-0.2, 0) is 29.2 Å². The minimum absolute atomic E-state index is 0.0565. The number of rotatable bonds is 11. The molecular formula is C25H30N6O3S. The fourth-order valence-electron chi connectivity index (χ4n) is 4.23. The number of aromatic nitrogens is 5. The van der Waals surface area contributed by atoms with Crippen LogP contribution >= 0.6 is 11.3 Å². The van der Waals surface area contributed by atoms with Gasteiger partial charge in [0.05, 0.1) is 12.6 Å². The third kappa shape index (κ3) is 6.01. The highest BCUT2D eigenvalue weighted by molar-refractivity contribution is 7.09. The summed E-state index contributed by atoms with van der Waals surface area (Å²) in [6.07, 6.45) is 1.64. The second-order valence-electron chi connectivity index (χ2n) is 8.50. The van der Waals surface area contributed by atoms with Gasteiger partial charge in [-0.2, -0.15) is 0 Å². The van der Waals surface area contributed by atoms with Gasteiger partial charge in [0.1, 0.15) is 6.54 Å². The number of tetrazole rings is 1. The van der Waals surface area contributed by atoms with Crippen molar-refractivity contribution >= 4 is 28.2 Å². The molecule has 4 aromatic rings. The summed E-state index contributed by atoms with van der Waals surface area (Å²) in [5.74, 6) is 0.201. The van der Waals surface area contributed by atoms with Crippen molar-refractivity contribution in [1.29, 1.82) is 0 Å². The first-order chi connectivity index (χ1) is 17.0. The third-order valence-corrected chi connectivity index (χ3v) is 6.69. The van der Waals surface area contributed by atoms with Crippen LogP contribution in [0.15, 0.2) is 46.6 Å². The van der Waals surface area contributed by atoms with Gasteiger partial charge in [-0.1, -0.05) is 31.0 Å². The predicted octanol–water partition coefficient (Wildman–Crippen LogP) is 3.99. The summed E-state index contributed by atoms with van der Waals surface area (Å²) in [5.41, 5.74) is 2.51. The largest absolute Gasteiger partial charge is 0.465 e. The van der Waals surface area contributed by atoms with Crippen LogP contribution in [0, 0.1) is 6.92 Å². The molecule has 0 bridgehead atoms. The van der Waals surface area contributed by atoms with Crippen molar-refractivity contribution in [1.82, 2.24) is 30.1 Å². The Balaban J connectivity index is 1.72.